The maximum Gasteiger partial charge on any atom is 0.225 e. The van der Waals surface area contributed by atoms with Crippen molar-refractivity contribution in [3.63, 3.8) is 0 Å². The van der Waals surface area contributed by atoms with E-state index in [1.807, 2.05) is 54.6 Å². The molecule has 0 saturated carbocycles. The van der Waals surface area contributed by atoms with E-state index in [9.17, 15) is 4.79 Å². The highest BCUT2D eigenvalue weighted by Crippen LogP contribution is 2.54. The van der Waals surface area contributed by atoms with Gasteiger partial charge in [-0.2, -0.15) is 0 Å². The molecule has 6 nitrogen and oxygen atoms in total. The second-order valence-electron chi connectivity index (χ2n) is 9.45. The molecular weight excluding hydrogens is 555 g/mol. The zero-order valence-electron chi connectivity index (χ0n) is 23.0. The minimum atomic E-state index is -0.274. The third-order valence-corrected chi connectivity index (χ3v) is 8.12. The SMILES string of the molecule is COc1ccc(OCCCN(Cc2ccccc2OC)C(C)C)c(C2Sc3cc(Cl)ccc3N2C(C)=O)c1.Cl. The first-order chi connectivity index (χ1) is 18.3. The van der Waals surface area contributed by atoms with Crippen molar-refractivity contribution in [2.45, 2.75) is 50.0 Å². The van der Waals surface area contributed by atoms with Gasteiger partial charge in [-0.15, -0.1) is 12.4 Å². The maximum absolute atomic E-state index is 12.7. The first-order valence-corrected chi connectivity index (χ1v) is 14.0. The highest BCUT2D eigenvalue weighted by Gasteiger charge is 2.36. The monoisotopic (exact) mass is 590 g/mol. The summed E-state index contributed by atoms with van der Waals surface area (Å²) in [7, 11) is 3.35. The predicted octanol–water partition coefficient (Wildman–Crippen LogP) is 7.62. The number of carbonyl (C=O) groups is 1. The summed E-state index contributed by atoms with van der Waals surface area (Å²) < 4.78 is 17.4. The Morgan fingerprint density at radius 3 is 2.51 bits per heavy atom. The Balaban J connectivity index is 0.00000420. The molecule has 39 heavy (non-hydrogen) atoms. The van der Waals surface area contributed by atoms with Gasteiger partial charge in [-0.05, 0) is 62.7 Å². The van der Waals surface area contributed by atoms with E-state index in [0.29, 0.717) is 23.4 Å². The van der Waals surface area contributed by atoms with E-state index >= 15 is 0 Å². The van der Waals surface area contributed by atoms with Crippen LogP contribution in [-0.4, -0.2) is 44.2 Å². The Bertz CT molecular complexity index is 1270. The van der Waals surface area contributed by atoms with Crippen molar-refractivity contribution in [3.8, 4) is 17.2 Å². The van der Waals surface area contributed by atoms with Crippen molar-refractivity contribution in [1.82, 2.24) is 4.90 Å². The highest BCUT2D eigenvalue weighted by molar-refractivity contribution is 8.00. The van der Waals surface area contributed by atoms with Crippen molar-refractivity contribution in [2.75, 3.05) is 32.3 Å². The molecule has 0 aliphatic carbocycles. The van der Waals surface area contributed by atoms with Gasteiger partial charge in [-0.1, -0.05) is 41.6 Å². The summed E-state index contributed by atoms with van der Waals surface area (Å²) in [6, 6.07) is 19.9. The van der Waals surface area contributed by atoms with Gasteiger partial charge in [0.1, 0.15) is 22.6 Å². The lowest BCUT2D eigenvalue weighted by molar-refractivity contribution is -0.116. The average molecular weight is 592 g/mol. The van der Waals surface area contributed by atoms with E-state index in [1.165, 1.54) is 5.56 Å². The molecule has 1 atom stereocenters. The number of benzene rings is 3. The van der Waals surface area contributed by atoms with E-state index in [0.717, 1.165) is 47.2 Å². The number of thioether (sulfide) groups is 1. The molecule has 0 saturated heterocycles. The zero-order valence-corrected chi connectivity index (χ0v) is 25.4. The molecular formula is C30H36Cl2N2O4S. The van der Waals surface area contributed by atoms with Crippen LogP contribution in [0.15, 0.2) is 65.6 Å². The van der Waals surface area contributed by atoms with Crippen molar-refractivity contribution in [1.29, 1.82) is 0 Å². The molecule has 0 fully saturated rings. The molecule has 3 aromatic carbocycles. The number of amides is 1. The fourth-order valence-corrected chi connectivity index (χ4v) is 6.26. The van der Waals surface area contributed by atoms with Gasteiger partial charge in [0.25, 0.3) is 0 Å². The van der Waals surface area contributed by atoms with E-state index in [1.54, 1.807) is 37.8 Å². The fraction of sp³-hybridized carbons (Fsp3) is 0.367. The van der Waals surface area contributed by atoms with Gasteiger partial charge < -0.3 is 14.2 Å². The maximum atomic E-state index is 12.7. The lowest BCUT2D eigenvalue weighted by Crippen LogP contribution is -2.32. The van der Waals surface area contributed by atoms with Crippen molar-refractivity contribution in [2.24, 2.45) is 0 Å². The van der Waals surface area contributed by atoms with Crippen LogP contribution in [-0.2, 0) is 11.3 Å². The first-order valence-electron chi connectivity index (χ1n) is 12.7. The van der Waals surface area contributed by atoms with Crippen LogP contribution in [0, 0.1) is 0 Å². The number of hydrogen-bond donors (Lipinski definition) is 0. The number of hydrogen-bond acceptors (Lipinski definition) is 6. The molecule has 1 aliphatic heterocycles. The molecule has 0 radical (unpaired) electrons. The van der Waals surface area contributed by atoms with E-state index < -0.39 is 0 Å². The lowest BCUT2D eigenvalue weighted by Gasteiger charge is -2.28. The van der Waals surface area contributed by atoms with E-state index in [2.05, 4.69) is 24.8 Å². The number of halogens is 2. The van der Waals surface area contributed by atoms with E-state index in [4.69, 9.17) is 25.8 Å². The predicted molar refractivity (Wildman–Crippen MR) is 162 cm³/mol. The van der Waals surface area contributed by atoms with Crippen LogP contribution in [0.2, 0.25) is 5.02 Å². The summed E-state index contributed by atoms with van der Waals surface area (Å²) >= 11 is 7.84. The number of methoxy groups -OCH3 is 2. The number of anilines is 1. The van der Waals surface area contributed by atoms with Gasteiger partial charge in [0.2, 0.25) is 5.91 Å². The second kappa shape index (κ2) is 14.2. The van der Waals surface area contributed by atoms with Gasteiger partial charge in [0.15, 0.2) is 0 Å². The molecule has 1 aliphatic rings. The lowest BCUT2D eigenvalue weighted by atomic mass is 10.1. The Morgan fingerprint density at radius 1 is 1.05 bits per heavy atom. The van der Waals surface area contributed by atoms with Crippen LogP contribution in [0.1, 0.15) is 43.7 Å². The van der Waals surface area contributed by atoms with Gasteiger partial charge in [-0.25, -0.2) is 0 Å². The van der Waals surface area contributed by atoms with Gasteiger partial charge >= 0.3 is 0 Å². The average Bonchev–Trinajstić information content (AvgIpc) is 3.29. The van der Waals surface area contributed by atoms with Crippen molar-refractivity contribution in [3.05, 3.63) is 76.8 Å². The summed E-state index contributed by atoms with van der Waals surface area (Å²) in [5.41, 5.74) is 2.92. The number of fused-ring (bicyclic) bond motifs is 1. The summed E-state index contributed by atoms with van der Waals surface area (Å²) in [6.07, 6.45) is 0.850. The molecule has 210 valence electrons. The molecule has 0 spiro atoms. The molecule has 0 bridgehead atoms. The first kappa shape index (κ1) is 31.0. The molecule has 0 aromatic heterocycles. The molecule has 3 aromatic rings. The second-order valence-corrected chi connectivity index (χ2v) is 11.0. The molecule has 1 heterocycles. The minimum absolute atomic E-state index is 0. The summed E-state index contributed by atoms with van der Waals surface area (Å²) in [5, 5.41) is 0.370. The van der Waals surface area contributed by atoms with Gasteiger partial charge in [0.05, 0.1) is 26.5 Å². The molecule has 0 N–H and O–H groups in total. The minimum Gasteiger partial charge on any atom is -0.497 e. The van der Waals surface area contributed by atoms with E-state index in [-0.39, 0.29) is 23.7 Å². The number of nitrogens with zero attached hydrogens (tertiary/aromatic N) is 2. The topological polar surface area (TPSA) is 51.2 Å². The Kier molecular flexibility index (Phi) is 11.2. The van der Waals surface area contributed by atoms with Crippen LogP contribution in [0.5, 0.6) is 17.2 Å². The van der Waals surface area contributed by atoms with Crippen LogP contribution in [0.4, 0.5) is 5.69 Å². The number of rotatable bonds is 11. The molecule has 9 heteroatoms. The zero-order chi connectivity index (χ0) is 27.2. The molecule has 4 rings (SSSR count). The highest BCUT2D eigenvalue weighted by atomic mass is 35.5. The Hall–Kier alpha value is -2.58. The Labute approximate surface area is 247 Å². The Morgan fingerprint density at radius 2 is 1.82 bits per heavy atom. The summed E-state index contributed by atoms with van der Waals surface area (Å²) in [4.78, 5) is 17.9. The molecule has 1 amide bonds. The number of ether oxygens (including phenoxy) is 3. The largest absolute Gasteiger partial charge is 0.497 e. The normalized spacial score (nSPS) is 14.3. The third-order valence-electron chi connectivity index (χ3n) is 6.62. The van der Waals surface area contributed by atoms with Gasteiger partial charge in [-0.3, -0.25) is 14.6 Å². The number of carbonyl (C=O) groups excluding carboxylic acids is 1. The fourth-order valence-electron chi connectivity index (χ4n) is 4.62. The van der Waals surface area contributed by atoms with Crippen LogP contribution in [0.3, 0.4) is 0 Å². The van der Waals surface area contributed by atoms with Crippen LogP contribution >= 0.6 is 35.8 Å². The van der Waals surface area contributed by atoms with Crippen molar-refractivity contribution < 1.29 is 19.0 Å². The summed E-state index contributed by atoms with van der Waals surface area (Å²) in [5.74, 6) is 2.33. The third kappa shape index (κ3) is 7.34. The standard InChI is InChI=1S/C30H35ClN2O4S.ClH/c1-20(2)32(19-22-9-6-7-10-27(22)36-5)15-8-16-37-28-14-12-24(35-4)18-25(28)30-33(21(3)34)26-13-11-23(31)17-29(26)38-30;/h6-7,9-14,17-18,20,30H,8,15-16,19H2,1-5H3;1H. The molecule has 1 unspecified atom stereocenters. The smallest absolute Gasteiger partial charge is 0.225 e. The van der Waals surface area contributed by atoms with Crippen molar-refractivity contribution >= 4 is 47.4 Å². The summed E-state index contributed by atoms with van der Waals surface area (Å²) in [6.45, 7) is 8.22. The quantitative estimate of drug-likeness (QED) is 0.214. The van der Waals surface area contributed by atoms with Crippen LogP contribution in [0.25, 0.3) is 0 Å². The van der Waals surface area contributed by atoms with Crippen LogP contribution < -0.4 is 19.1 Å². The van der Waals surface area contributed by atoms with Gasteiger partial charge in [0, 0.05) is 47.1 Å². The number of para-hydroxylation sites is 1.